The van der Waals surface area contributed by atoms with Crippen molar-refractivity contribution in [3.63, 3.8) is 0 Å². The van der Waals surface area contributed by atoms with Crippen molar-refractivity contribution >= 4 is 5.91 Å². The monoisotopic (exact) mass is 248 g/mol. The lowest BCUT2D eigenvalue weighted by molar-refractivity contribution is 0.0953. The third-order valence-electron chi connectivity index (χ3n) is 3.12. The average Bonchev–Trinajstić information content (AvgIpc) is 2.36. The van der Waals surface area contributed by atoms with E-state index in [1.165, 1.54) is 6.08 Å². The van der Waals surface area contributed by atoms with E-state index in [0.29, 0.717) is 12.0 Å². The number of hydrogen-bond donors (Lipinski definition) is 3. The number of carbonyl (C=O) groups is 1. The quantitative estimate of drug-likeness (QED) is 0.694. The average molecular weight is 248 g/mol. The maximum atomic E-state index is 11.8. The highest BCUT2D eigenvalue weighted by Gasteiger charge is 2.23. The zero-order valence-corrected chi connectivity index (χ0v) is 10.1. The van der Waals surface area contributed by atoms with Crippen LogP contribution in [0.2, 0.25) is 0 Å². The minimum atomic E-state index is -0.568. The summed E-state index contributed by atoms with van der Waals surface area (Å²) in [7, 11) is 0. The summed E-state index contributed by atoms with van der Waals surface area (Å²) in [6.45, 7) is 3.74. The molecule has 96 valence electrons. The van der Waals surface area contributed by atoms with Gasteiger partial charge in [-0.3, -0.25) is 9.59 Å². The van der Waals surface area contributed by atoms with Crippen molar-refractivity contribution in [1.82, 2.24) is 10.3 Å². The molecule has 1 aromatic heterocycles. The first kappa shape index (κ1) is 12.4. The van der Waals surface area contributed by atoms with Gasteiger partial charge in [0.2, 0.25) is 0 Å². The van der Waals surface area contributed by atoms with Crippen molar-refractivity contribution in [2.24, 2.45) is 0 Å². The Morgan fingerprint density at radius 3 is 2.89 bits per heavy atom. The first-order valence-corrected chi connectivity index (χ1v) is 6.01. The zero-order chi connectivity index (χ0) is 13.1. The van der Waals surface area contributed by atoms with E-state index >= 15 is 0 Å². The molecule has 0 aromatic carbocycles. The van der Waals surface area contributed by atoms with Crippen LogP contribution in [0.3, 0.4) is 0 Å². The predicted octanol–water partition coefficient (Wildman–Crippen LogP) is 0.875. The van der Waals surface area contributed by atoms with Crippen LogP contribution < -0.4 is 10.9 Å². The number of rotatable bonds is 3. The van der Waals surface area contributed by atoms with Crippen molar-refractivity contribution in [1.29, 1.82) is 0 Å². The highest BCUT2D eigenvalue weighted by atomic mass is 16.3. The van der Waals surface area contributed by atoms with E-state index in [4.69, 9.17) is 0 Å². The number of nitrogens with one attached hydrogen (secondary N) is 2. The van der Waals surface area contributed by atoms with Crippen LogP contribution in [-0.4, -0.2) is 22.5 Å². The van der Waals surface area contributed by atoms with Gasteiger partial charge < -0.3 is 15.4 Å². The van der Waals surface area contributed by atoms with Crippen LogP contribution in [0, 0.1) is 0 Å². The van der Waals surface area contributed by atoms with Crippen LogP contribution in [0.25, 0.3) is 0 Å². The molecular weight excluding hydrogens is 232 g/mol. The van der Waals surface area contributed by atoms with Crippen molar-refractivity contribution in [3.05, 3.63) is 39.8 Å². The molecule has 5 nitrogen and oxygen atoms in total. The number of fused-ring (bicyclic) bond motifs is 1. The second kappa shape index (κ2) is 5.08. The lowest BCUT2D eigenvalue weighted by atomic mass is 9.93. The van der Waals surface area contributed by atoms with Gasteiger partial charge in [0, 0.05) is 17.8 Å². The third-order valence-corrected chi connectivity index (χ3v) is 3.12. The van der Waals surface area contributed by atoms with Gasteiger partial charge in [-0.15, -0.1) is 6.58 Å². The van der Waals surface area contributed by atoms with Crippen molar-refractivity contribution < 1.29 is 9.90 Å². The minimum absolute atomic E-state index is 0.171. The fourth-order valence-electron chi connectivity index (χ4n) is 2.23. The van der Waals surface area contributed by atoms with Crippen LogP contribution >= 0.6 is 0 Å². The van der Waals surface area contributed by atoms with E-state index < -0.39 is 11.5 Å². The largest absolute Gasteiger partial charge is 0.507 e. The van der Waals surface area contributed by atoms with Crippen molar-refractivity contribution in [2.45, 2.75) is 25.7 Å². The topological polar surface area (TPSA) is 82.2 Å². The van der Waals surface area contributed by atoms with Gasteiger partial charge in [-0.05, 0) is 25.7 Å². The maximum Gasteiger partial charge on any atom is 0.264 e. The molecule has 1 aliphatic carbocycles. The summed E-state index contributed by atoms with van der Waals surface area (Å²) < 4.78 is 0. The van der Waals surface area contributed by atoms with E-state index in [2.05, 4.69) is 16.9 Å². The number of amides is 1. The molecule has 3 N–H and O–H groups in total. The molecule has 0 saturated carbocycles. The Balaban J connectivity index is 2.44. The van der Waals surface area contributed by atoms with Gasteiger partial charge in [-0.2, -0.15) is 0 Å². The molecule has 1 heterocycles. The molecule has 0 bridgehead atoms. The lowest BCUT2D eigenvalue weighted by Crippen LogP contribution is -2.31. The summed E-state index contributed by atoms with van der Waals surface area (Å²) >= 11 is 0. The fraction of sp³-hybridized carbons (Fsp3) is 0.385. The van der Waals surface area contributed by atoms with E-state index in [0.717, 1.165) is 25.0 Å². The molecule has 5 heteroatoms. The first-order valence-electron chi connectivity index (χ1n) is 6.01. The summed E-state index contributed by atoms with van der Waals surface area (Å²) in [6, 6.07) is 0. The summed E-state index contributed by atoms with van der Waals surface area (Å²) in [6.07, 6.45) is 4.90. The Labute approximate surface area is 105 Å². The summed E-state index contributed by atoms with van der Waals surface area (Å²) in [4.78, 5) is 26.3. The molecule has 1 amide bonds. The van der Waals surface area contributed by atoms with Crippen LogP contribution in [0.5, 0.6) is 5.75 Å². The molecule has 0 atom stereocenters. The number of hydrogen-bond acceptors (Lipinski definition) is 3. The Bertz CT molecular complexity index is 546. The van der Waals surface area contributed by atoms with Crippen LogP contribution in [0.1, 0.15) is 34.5 Å². The van der Waals surface area contributed by atoms with Gasteiger partial charge in [0.1, 0.15) is 11.3 Å². The highest BCUT2D eigenvalue weighted by Crippen LogP contribution is 2.28. The first-order chi connectivity index (χ1) is 8.65. The van der Waals surface area contributed by atoms with Crippen LogP contribution in [0.15, 0.2) is 17.4 Å². The smallest absolute Gasteiger partial charge is 0.264 e. The van der Waals surface area contributed by atoms with Crippen molar-refractivity contribution in [2.75, 3.05) is 6.54 Å². The summed E-state index contributed by atoms with van der Waals surface area (Å²) in [5, 5.41) is 12.6. The molecule has 1 aromatic rings. The van der Waals surface area contributed by atoms with E-state index in [1.807, 2.05) is 0 Å². The number of aromatic hydroxyl groups is 1. The standard InChI is InChI=1S/C13H16N2O3/c1-2-7-14-12(17)10-11(16)8-5-3-4-6-9(8)15-13(10)18/h2H,1,3-7H2,(H,14,17)(H2,15,16,18). The molecule has 0 spiro atoms. The number of aromatic amines is 1. The second-order valence-corrected chi connectivity index (χ2v) is 4.34. The fourth-order valence-corrected chi connectivity index (χ4v) is 2.23. The van der Waals surface area contributed by atoms with Crippen molar-refractivity contribution in [3.8, 4) is 5.75 Å². The van der Waals surface area contributed by atoms with Crippen LogP contribution in [-0.2, 0) is 12.8 Å². The molecule has 2 rings (SSSR count). The molecule has 0 radical (unpaired) electrons. The van der Waals surface area contributed by atoms with E-state index in [9.17, 15) is 14.7 Å². The SMILES string of the molecule is C=CCNC(=O)c1c(O)c2c([nH]c1=O)CCCC2. The number of H-pyrrole nitrogens is 1. The molecule has 0 aliphatic heterocycles. The molecular formula is C13H16N2O3. The Morgan fingerprint density at radius 1 is 1.44 bits per heavy atom. The molecule has 0 fully saturated rings. The van der Waals surface area contributed by atoms with Crippen LogP contribution in [0.4, 0.5) is 0 Å². The Morgan fingerprint density at radius 2 is 2.17 bits per heavy atom. The van der Waals surface area contributed by atoms with Gasteiger partial charge in [0.25, 0.3) is 11.5 Å². The number of aromatic nitrogens is 1. The highest BCUT2D eigenvalue weighted by molar-refractivity contribution is 5.97. The maximum absolute atomic E-state index is 11.8. The minimum Gasteiger partial charge on any atom is -0.507 e. The van der Waals surface area contributed by atoms with Gasteiger partial charge in [-0.25, -0.2) is 0 Å². The number of pyridine rings is 1. The van der Waals surface area contributed by atoms with E-state index in [1.54, 1.807) is 0 Å². The normalized spacial score (nSPS) is 13.8. The Hall–Kier alpha value is -2.04. The zero-order valence-electron chi connectivity index (χ0n) is 10.1. The number of aryl methyl sites for hydroxylation is 1. The lowest BCUT2D eigenvalue weighted by Gasteiger charge is -2.17. The van der Waals surface area contributed by atoms with Gasteiger partial charge >= 0.3 is 0 Å². The molecule has 18 heavy (non-hydrogen) atoms. The second-order valence-electron chi connectivity index (χ2n) is 4.34. The third kappa shape index (κ3) is 2.16. The molecule has 1 aliphatic rings. The molecule has 0 unspecified atom stereocenters. The van der Waals surface area contributed by atoms with Gasteiger partial charge in [-0.1, -0.05) is 6.08 Å². The Kier molecular flexibility index (Phi) is 3.50. The summed E-state index contributed by atoms with van der Waals surface area (Å²) in [5.41, 5.74) is 0.723. The predicted molar refractivity (Wildman–Crippen MR) is 67.9 cm³/mol. The molecule has 0 saturated heterocycles. The number of carbonyl (C=O) groups excluding carboxylic acids is 1. The van der Waals surface area contributed by atoms with Gasteiger partial charge in [0.05, 0.1) is 0 Å². The van der Waals surface area contributed by atoms with E-state index in [-0.39, 0.29) is 17.9 Å². The summed E-state index contributed by atoms with van der Waals surface area (Å²) in [5.74, 6) is -0.739. The van der Waals surface area contributed by atoms with Gasteiger partial charge in [0.15, 0.2) is 0 Å².